The molecular formula is C15H15NO5S. The molecule has 0 atom stereocenters. The number of benzene rings is 1. The van der Waals surface area contributed by atoms with Crippen molar-refractivity contribution in [3.8, 4) is 0 Å². The van der Waals surface area contributed by atoms with Crippen LogP contribution in [-0.2, 0) is 19.6 Å². The van der Waals surface area contributed by atoms with Crippen molar-refractivity contribution in [2.75, 3.05) is 6.61 Å². The summed E-state index contributed by atoms with van der Waals surface area (Å²) in [6.45, 7) is 3.44. The van der Waals surface area contributed by atoms with E-state index in [-0.39, 0.29) is 17.2 Å². The Labute approximate surface area is 128 Å². The summed E-state index contributed by atoms with van der Waals surface area (Å²) in [6.07, 6.45) is 1.22. The fraction of sp³-hybridized carbons (Fsp3) is 0.200. The summed E-state index contributed by atoms with van der Waals surface area (Å²) in [5.41, 5.74) is 0.660. The number of Topliss-reactive ketones (excluding diaryl/α,β-unsaturated/α-hetero) is 1. The van der Waals surface area contributed by atoms with Gasteiger partial charge in [-0.25, -0.2) is 17.2 Å². The third-order valence-electron chi connectivity index (χ3n) is 2.98. The first kappa shape index (κ1) is 16.0. The average molecular weight is 321 g/mol. The maximum atomic E-state index is 12.6. The second-order valence-electron chi connectivity index (χ2n) is 4.56. The van der Waals surface area contributed by atoms with E-state index in [1.807, 2.05) is 6.92 Å². The van der Waals surface area contributed by atoms with Crippen molar-refractivity contribution in [1.82, 2.24) is 3.97 Å². The molecule has 0 fully saturated rings. The van der Waals surface area contributed by atoms with Gasteiger partial charge in [0, 0.05) is 6.20 Å². The van der Waals surface area contributed by atoms with Crippen molar-refractivity contribution >= 4 is 21.8 Å². The predicted molar refractivity (Wildman–Crippen MR) is 79.2 cm³/mol. The summed E-state index contributed by atoms with van der Waals surface area (Å²) in [6, 6.07) is 8.86. The first-order valence-corrected chi connectivity index (χ1v) is 8.03. The van der Waals surface area contributed by atoms with Crippen LogP contribution < -0.4 is 0 Å². The monoisotopic (exact) mass is 321 g/mol. The Hall–Kier alpha value is -2.41. The van der Waals surface area contributed by atoms with Crippen LogP contribution in [-0.4, -0.2) is 30.7 Å². The molecule has 0 aliphatic carbocycles. The number of esters is 1. The molecule has 0 unspecified atom stereocenters. The minimum absolute atomic E-state index is 0.0345. The van der Waals surface area contributed by atoms with E-state index in [2.05, 4.69) is 4.74 Å². The van der Waals surface area contributed by atoms with Gasteiger partial charge >= 0.3 is 5.97 Å². The molecule has 1 heterocycles. The number of carbonyl (C=O) groups excluding carboxylic acids is 2. The van der Waals surface area contributed by atoms with E-state index in [1.165, 1.54) is 30.5 Å². The van der Waals surface area contributed by atoms with Gasteiger partial charge in [-0.05, 0) is 38.1 Å². The van der Waals surface area contributed by atoms with Crippen LogP contribution in [0.3, 0.4) is 0 Å². The van der Waals surface area contributed by atoms with E-state index >= 15 is 0 Å². The maximum Gasteiger partial charge on any atom is 0.381 e. The lowest BCUT2D eigenvalue weighted by Crippen LogP contribution is -2.24. The molecule has 1 aromatic heterocycles. The highest BCUT2D eigenvalue weighted by Gasteiger charge is 2.27. The second kappa shape index (κ2) is 6.15. The highest BCUT2D eigenvalue weighted by molar-refractivity contribution is 7.90. The number of rotatable bonds is 5. The van der Waals surface area contributed by atoms with Crippen LogP contribution in [0.25, 0.3) is 0 Å². The van der Waals surface area contributed by atoms with Gasteiger partial charge in [0.25, 0.3) is 15.8 Å². The lowest BCUT2D eigenvalue weighted by atomic mass is 10.2. The summed E-state index contributed by atoms with van der Waals surface area (Å²) in [7, 11) is -3.95. The zero-order valence-corrected chi connectivity index (χ0v) is 13.0. The summed E-state index contributed by atoms with van der Waals surface area (Å²) in [5, 5.41) is 0. The summed E-state index contributed by atoms with van der Waals surface area (Å²) in [5.74, 6) is -2.08. The van der Waals surface area contributed by atoms with Crippen LogP contribution in [0.1, 0.15) is 23.0 Å². The highest BCUT2D eigenvalue weighted by Crippen LogP contribution is 2.18. The van der Waals surface area contributed by atoms with Crippen molar-refractivity contribution < 1.29 is 22.7 Å². The van der Waals surface area contributed by atoms with Crippen molar-refractivity contribution in [3.63, 3.8) is 0 Å². The number of carbonyl (C=O) groups is 2. The Bertz CT molecular complexity index is 803. The molecule has 0 saturated heterocycles. The van der Waals surface area contributed by atoms with Crippen LogP contribution in [0.15, 0.2) is 47.5 Å². The standard InChI is InChI=1S/C15H15NO5S/c1-3-21-15(18)14(17)13-5-4-10-16(13)22(19,20)12-8-6-11(2)7-9-12/h4-10H,3H2,1-2H3. The normalized spacial score (nSPS) is 11.2. The Kier molecular flexibility index (Phi) is 4.46. The molecule has 2 rings (SSSR count). The van der Waals surface area contributed by atoms with Crippen molar-refractivity contribution in [3.05, 3.63) is 53.9 Å². The first-order chi connectivity index (χ1) is 10.4. The smallest absolute Gasteiger partial charge is 0.381 e. The van der Waals surface area contributed by atoms with Gasteiger partial charge in [-0.3, -0.25) is 4.79 Å². The van der Waals surface area contributed by atoms with Gasteiger partial charge in [0.15, 0.2) is 0 Å². The van der Waals surface area contributed by atoms with Crippen molar-refractivity contribution in [2.45, 2.75) is 18.7 Å². The Balaban J connectivity index is 2.46. The molecule has 0 radical (unpaired) electrons. The zero-order chi connectivity index (χ0) is 16.3. The number of hydrogen-bond donors (Lipinski definition) is 0. The average Bonchev–Trinajstić information content (AvgIpc) is 2.97. The molecule has 1 aromatic carbocycles. The number of aryl methyl sites for hydroxylation is 1. The number of hydrogen-bond acceptors (Lipinski definition) is 5. The van der Waals surface area contributed by atoms with Gasteiger partial charge in [-0.15, -0.1) is 0 Å². The molecule has 0 spiro atoms. The molecule has 116 valence electrons. The van der Waals surface area contributed by atoms with Crippen LogP contribution >= 0.6 is 0 Å². The molecule has 0 bridgehead atoms. The fourth-order valence-electron chi connectivity index (χ4n) is 1.88. The topological polar surface area (TPSA) is 82.4 Å². The van der Waals surface area contributed by atoms with Gasteiger partial charge in [0.1, 0.15) is 5.69 Å². The number of ketones is 1. The molecule has 6 nitrogen and oxygen atoms in total. The minimum atomic E-state index is -3.95. The Morgan fingerprint density at radius 1 is 1.14 bits per heavy atom. The summed E-state index contributed by atoms with van der Waals surface area (Å²) >= 11 is 0. The lowest BCUT2D eigenvalue weighted by molar-refractivity contribution is -0.137. The number of nitrogens with zero attached hydrogens (tertiary/aromatic N) is 1. The molecule has 2 aromatic rings. The van der Waals surface area contributed by atoms with Gasteiger partial charge < -0.3 is 4.74 Å². The van der Waals surface area contributed by atoms with Gasteiger partial charge in [-0.2, -0.15) is 0 Å². The molecule has 0 aliphatic heterocycles. The fourth-order valence-corrected chi connectivity index (χ4v) is 3.22. The largest absolute Gasteiger partial charge is 0.460 e. The van der Waals surface area contributed by atoms with Crippen LogP contribution in [0.2, 0.25) is 0 Å². The van der Waals surface area contributed by atoms with Crippen LogP contribution in [0.4, 0.5) is 0 Å². The number of aromatic nitrogens is 1. The van der Waals surface area contributed by atoms with Crippen LogP contribution in [0.5, 0.6) is 0 Å². The Morgan fingerprint density at radius 3 is 2.36 bits per heavy atom. The zero-order valence-electron chi connectivity index (χ0n) is 12.1. The number of ether oxygens (including phenoxy) is 1. The van der Waals surface area contributed by atoms with Crippen molar-refractivity contribution in [2.24, 2.45) is 0 Å². The van der Waals surface area contributed by atoms with E-state index in [0.29, 0.717) is 0 Å². The van der Waals surface area contributed by atoms with Crippen molar-refractivity contribution in [1.29, 1.82) is 0 Å². The molecule has 0 amide bonds. The quantitative estimate of drug-likeness (QED) is 0.476. The first-order valence-electron chi connectivity index (χ1n) is 6.59. The highest BCUT2D eigenvalue weighted by atomic mass is 32.2. The van der Waals surface area contributed by atoms with E-state index in [1.54, 1.807) is 19.1 Å². The van der Waals surface area contributed by atoms with E-state index in [0.717, 1.165) is 9.54 Å². The third kappa shape index (κ3) is 2.94. The summed E-state index contributed by atoms with van der Waals surface area (Å²) < 4.78 is 30.5. The van der Waals surface area contributed by atoms with Gasteiger partial charge in [0.2, 0.25) is 0 Å². The molecular weight excluding hydrogens is 306 g/mol. The Morgan fingerprint density at radius 2 is 1.77 bits per heavy atom. The molecule has 7 heteroatoms. The predicted octanol–water partition coefficient (Wildman–Crippen LogP) is 1.78. The van der Waals surface area contributed by atoms with Gasteiger partial charge in [0.05, 0.1) is 11.5 Å². The lowest BCUT2D eigenvalue weighted by Gasteiger charge is -2.09. The molecule has 0 saturated carbocycles. The maximum absolute atomic E-state index is 12.6. The van der Waals surface area contributed by atoms with E-state index < -0.39 is 21.8 Å². The second-order valence-corrected chi connectivity index (χ2v) is 6.37. The third-order valence-corrected chi connectivity index (χ3v) is 4.69. The summed E-state index contributed by atoms with van der Waals surface area (Å²) in [4.78, 5) is 23.5. The molecule has 0 aliphatic rings. The van der Waals surface area contributed by atoms with Gasteiger partial charge in [-0.1, -0.05) is 17.7 Å². The SMILES string of the molecule is CCOC(=O)C(=O)c1cccn1S(=O)(=O)c1ccc(C)cc1. The minimum Gasteiger partial charge on any atom is -0.460 e. The van der Waals surface area contributed by atoms with E-state index in [4.69, 9.17) is 0 Å². The molecule has 22 heavy (non-hydrogen) atoms. The van der Waals surface area contributed by atoms with E-state index in [9.17, 15) is 18.0 Å². The van der Waals surface area contributed by atoms with Crippen LogP contribution in [0, 0.1) is 6.92 Å². The molecule has 0 N–H and O–H groups in total.